The third kappa shape index (κ3) is 3.34. The van der Waals surface area contributed by atoms with Gasteiger partial charge in [-0.25, -0.2) is 4.39 Å². The molecule has 0 amide bonds. The molecule has 0 spiro atoms. The first-order chi connectivity index (χ1) is 10.2. The van der Waals surface area contributed by atoms with Gasteiger partial charge < -0.3 is 9.64 Å². The van der Waals surface area contributed by atoms with E-state index in [0.29, 0.717) is 6.61 Å². The Bertz CT molecular complexity index is 561. The quantitative estimate of drug-likeness (QED) is 0.835. The summed E-state index contributed by atoms with van der Waals surface area (Å²) in [5.74, 6) is -0.181. The monoisotopic (exact) mass is 305 g/mol. The van der Waals surface area contributed by atoms with Crippen molar-refractivity contribution in [1.29, 1.82) is 0 Å². The second-order valence-electron chi connectivity index (χ2n) is 5.84. The summed E-state index contributed by atoms with van der Waals surface area (Å²) in [5, 5.41) is 2.11. The minimum Gasteiger partial charge on any atom is -0.380 e. The van der Waals surface area contributed by atoms with Crippen molar-refractivity contribution in [3.8, 4) is 0 Å². The van der Waals surface area contributed by atoms with Gasteiger partial charge in [0.1, 0.15) is 5.82 Å². The van der Waals surface area contributed by atoms with Crippen molar-refractivity contribution in [3.05, 3.63) is 58.0 Å². The summed E-state index contributed by atoms with van der Waals surface area (Å²) < 4.78 is 18.8. The maximum Gasteiger partial charge on any atom is 0.123 e. The molecule has 0 N–H and O–H groups in total. The summed E-state index contributed by atoms with van der Waals surface area (Å²) >= 11 is 1.78. The van der Waals surface area contributed by atoms with Crippen molar-refractivity contribution in [2.75, 3.05) is 26.8 Å². The van der Waals surface area contributed by atoms with Crippen LogP contribution >= 0.6 is 11.3 Å². The molecule has 3 rings (SSSR count). The first kappa shape index (κ1) is 14.7. The Morgan fingerprint density at radius 3 is 2.71 bits per heavy atom. The smallest absolute Gasteiger partial charge is 0.123 e. The molecule has 0 bridgehead atoms. The van der Waals surface area contributed by atoms with Crippen molar-refractivity contribution >= 4 is 11.3 Å². The molecule has 0 radical (unpaired) electrons. The number of rotatable bonds is 5. The summed E-state index contributed by atoms with van der Waals surface area (Å²) in [7, 11) is 2.14. The van der Waals surface area contributed by atoms with Gasteiger partial charge >= 0.3 is 0 Å². The highest BCUT2D eigenvalue weighted by atomic mass is 32.1. The van der Waals surface area contributed by atoms with E-state index >= 15 is 0 Å². The zero-order valence-corrected chi connectivity index (χ0v) is 13.0. The van der Waals surface area contributed by atoms with Crippen LogP contribution in [-0.4, -0.2) is 31.7 Å². The maximum absolute atomic E-state index is 13.2. The summed E-state index contributed by atoms with van der Waals surface area (Å²) in [6.45, 7) is 3.37. The fourth-order valence-corrected chi connectivity index (χ4v) is 3.88. The van der Waals surface area contributed by atoms with Crippen LogP contribution in [-0.2, 0) is 16.7 Å². The van der Waals surface area contributed by atoms with E-state index in [9.17, 15) is 4.39 Å². The van der Waals surface area contributed by atoms with Crippen LogP contribution in [0.25, 0.3) is 0 Å². The molecule has 0 aliphatic carbocycles. The largest absolute Gasteiger partial charge is 0.380 e. The Balaban J connectivity index is 1.76. The normalized spacial score (nSPS) is 22.0. The van der Waals surface area contributed by atoms with Gasteiger partial charge in [0, 0.05) is 30.0 Å². The summed E-state index contributed by atoms with van der Waals surface area (Å²) in [6, 6.07) is 11.2. The lowest BCUT2D eigenvalue weighted by Crippen LogP contribution is -2.39. The third-order valence-electron chi connectivity index (χ3n) is 4.14. The molecule has 21 heavy (non-hydrogen) atoms. The van der Waals surface area contributed by atoms with Crippen LogP contribution in [0.15, 0.2) is 41.8 Å². The summed E-state index contributed by atoms with van der Waals surface area (Å²) in [6.07, 6.45) is 0.993. The predicted octanol–water partition coefficient (Wildman–Crippen LogP) is 3.68. The van der Waals surface area contributed by atoms with E-state index in [2.05, 4.69) is 29.5 Å². The first-order valence-corrected chi connectivity index (χ1v) is 8.11. The molecule has 2 nitrogen and oxygen atoms in total. The zero-order chi connectivity index (χ0) is 14.7. The summed E-state index contributed by atoms with van der Waals surface area (Å²) in [5.41, 5.74) is 1.17. The lowest BCUT2D eigenvalue weighted by molar-refractivity contribution is 0.158. The van der Waals surface area contributed by atoms with Gasteiger partial charge in [-0.2, -0.15) is 0 Å². The molecule has 112 valence electrons. The number of nitrogens with zero attached hydrogens (tertiary/aromatic N) is 1. The Labute approximate surface area is 129 Å². The van der Waals surface area contributed by atoms with Crippen LogP contribution in [0.4, 0.5) is 4.39 Å². The molecular weight excluding hydrogens is 285 g/mol. The van der Waals surface area contributed by atoms with Gasteiger partial charge in [0.05, 0.1) is 6.61 Å². The molecule has 1 fully saturated rings. The zero-order valence-electron chi connectivity index (χ0n) is 12.2. The molecule has 1 aliphatic heterocycles. The molecule has 1 aromatic heterocycles. The standard InChI is InChI=1S/C17H20FNOS/c1-19(11-16-3-2-10-21-16)12-17(8-9-20-13-17)14-4-6-15(18)7-5-14/h2-7,10H,8-9,11-13H2,1H3. The topological polar surface area (TPSA) is 12.5 Å². The van der Waals surface area contributed by atoms with Crippen LogP contribution in [0, 0.1) is 5.82 Å². The molecule has 1 atom stereocenters. The van der Waals surface area contributed by atoms with Crippen molar-refractivity contribution in [3.63, 3.8) is 0 Å². The molecular formula is C17H20FNOS. The van der Waals surface area contributed by atoms with Gasteiger partial charge in [-0.1, -0.05) is 18.2 Å². The van der Waals surface area contributed by atoms with Gasteiger partial charge in [0.25, 0.3) is 0 Å². The number of halogens is 1. The maximum atomic E-state index is 13.2. The average molecular weight is 305 g/mol. The average Bonchev–Trinajstić information content (AvgIpc) is 3.12. The molecule has 1 aliphatic rings. The molecule has 0 saturated carbocycles. The minimum atomic E-state index is -0.181. The van der Waals surface area contributed by atoms with Crippen LogP contribution in [0.1, 0.15) is 16.9 Å². The van der Waals surface area contributed by atoms with Crippen LogP contribution < -0.4 is 0 Å². The molecule has 1 aromatic carbocycles. The van der Waals surface area contributed by atoms with Crippen molar-refractivity contribution in [2.45, 2.75) is 18.4 Å². The molecule has 4 heteroatoms. The Kier molecular flexibility index (Phi) is 4.38. The Morgan fingerprint density at radius 2 is 2.10 bits per heavy atom. The molecule has 2 heterocycles. The molecule has 2 aromatic rings. The Morgan fingerprint density at radius 1 is 1.29 bits per heavy atom. The van der Waals surface area contributed by atoms with Crippen LogP contribution in [0.3, 0.4) is 0 Å². The third-order valence-corrected chi connectivity index (χ3v) is 5.00. The first-order valence-electron chi connectivity index (χ1n) is 7.23. The highest BCUT2D eigenvalue weighted by Gasteiger charge is 2.37. The number of likely N-dealkylation sites (N-methyl/N-ethyl adjacent to an activating group) is 1. The fourth-order valence-electron chi connectivity index (χ4n) is 3.10. The van der Waals surface area contributed by atoms with Crippen molar-refractivity contribution < 1.29 is 9.13 Å². The van der Waals surface area contributed by atoms with E-state index in [1.165, 1.54) is 10.4 Å². The predicted molar refractivity (Wildman–Crippen MR) is 84.2 cm³/mol. The van der Waals surface area contributed by atoms with Crippen molar-refractivity contribution in [1.82, 2.24) is 4.90 Å². The second kappa shape index (κ2) is 6.26. The van der Waals surface area contributed by atoms with E-state index < -0.39 is 0 Å². The van der Waals surface area contributed by atoms with Gasteiger partial charge in [0.15, 0.2) is 0 Å². The number of thiophene rings is 1. The molecule has 1 unspecified atom stereocenters. The number of ether oxygens (including phenoxy) is 1. The van der Waals surface area contributed by atoms with Gasteiger partial charge in [-0.15, -0.1) is 11.3 Å². The number of benzene rings is 1. The fraction of sp³-hybridized carbons (Fsp3) is 0.412. The highest BCUT2D eigenvalue weighted by Crippen LogP contribution is 2.34. The number of hydrogen-bond donors (Lipinski definition) is 0. The van der Waals surface area contributed by atoms with E-state index in [1.54, 1.807) is 23.5 Å². The second-order valence-corrected chi connectivity index (χ2v) is 6.87. The lowest BCUT2D eigenvalue weighted by Gasteiger charge is -2.32. The van der Waals surface area contributed by atoms with E-state index in [0.717, 1.165) is 26.1 Å². The van der Waals surface area contributed by atoms with Gasteiger partial charge in [-0.3, -0.25) is 0 Å². The SMILES string of the molecule is CN(Cc1cccs1)CC1(c2ccc(F)cc2)CCOC1. The Hall–Kier alpha value is -1.23. The highest BCUT2D eigenvalue weighted by molar-refractivity contribution is 7.09. The van der Waals surface area contributed by atoms with Crippen molar-refractivity contribution in [2.24, 2.45) is 0 Å². The van der Waals surface area contributed by atoms with Crippen LogP contribution in [0.5, 0.6) is 0 Å². The van der Waals surface area contributed by atoms with Gasteiger partial charge in [-0.05, 0) is 42.6 Å². The minimum absolute atomic E-state index is 0.0142. The van der Waals surface area contributed by atoms with Crippen LogP contribution in [0.2, 0.25) is 0 Å². The summed E-state index contributed by atoms with van der Waals surface area (Å²) in [4.78, 5) is 3.70. The lowest BCUT2D eigenvalue weighted by atomic mass is 9.79. The van der Waals surface area contributed by atoms with E-state index in [1.807, 2.05) is 12.1 Å². The molecule has 1 saturated heterocycles. The van der Waals surface area contributed by atoms with Gasteiger partial charge in [0.2, 0.25) is 0 Å². The van der Waals surface area contributed by atoms with E-state index in [-0.39, 0.29) is 11.2 Å². The number of hydrogen-bond acceptors (Lipinski definition) is 3. The van der Waals surface area contributed by atoms with E-state index in [4.69, 9.17) is 4.74 Å².